The van der Waals surface area contributed by atoms with Crippen LogP contribution in [0.25, 0.3) is 0 Å². The third kappa shape index (κ3) is 11.0. The van der Waals surface area contributed by atoms with Crippen LogP contribution in [-0.4, -0.2) is 32.8 Å². The SMILES string of the molecule is C/C(=N\c1ccc(C(F)(F)F)cc1)c1cccc(/C(C)=N/c2c(C)cc(Cc3cc(C)c(/N=C(\C)c4cccc(/C(C)=N/c5ccc(C(F)(F)F)cc5)n4)c(C)c3)cc2C)n1. The minimum atomic E-state index is -4.41. The number of nitrogens with zero attached hydrogens (tertiary/aromatic N) is 6. The van der Waals surface area contributed by atoms with E-state index in [0.717, 1.165) is 69.0 Å². The zero-order valence-electron chi connectivity index (χ0n) is 35.1. The number of alkyl halides is 6. The van der Waals surface area contributed by atoms with Gasteiger partial charge in [-0.2, -0.15) is 26.3 Å². The fourth-order valence-electron chi connectivity index (χ4n) is 6.96. The number of aromatic nitrogens is 2. The highest BCUT2D eigenvalue weighted by atomic mass is 19.4. The first-order valence-electron chi connectivity index (χ1n) is 19.5. The quantitative estimate of drug-likeness (QED) is 0.102. The van der Waals surface area contributed by atoms with E-state index < -0.39 is 23.5 Å². The summed E-state index contributed by atoms with van der Waals surface area (Å²) < 4.78 is 78.0. The molecule has 6 aromatic rings. The molecule has 0 aliphatic heterocycles. The average Bonchev–Trinajstić information content (AvgIpc) is 3.20. The Bertz CT molecular complexity index is 2470. The monoisotopic (exact) mass is 830 g/mol. The maximum Gasteiger partial charge on any atom is 0.416 e. The molecular weight excluding hydrogens is 787 g/mol. The Labute approximate surface area is 351 Å². The average molecular weight is 831 g/mol. The van der Waals surface area contributed by atoms with Gasteiger partial charge in [-0.05, 0) is 168 Å². The van der Waals surface area contributed by atoms with Crippen molar-refractivity contribution in [2.45, 2.75) is 74.2 Å². The number of hydrogen-bond acceptors (Lipinski definition) is 6. The summed E-state index contributed by atoms with van der Waals surface area (Å²) in [5.41, 5.74) is 12.5. The van der Waals surface area contributed by atoms with E-state index in [2.05, 4.69) is 34.3 Å². The standard InChI is InChI=1S/C49H44F6N6/c1-28-23-36(24-29(2)46(28)58-34(7)44-13-9-11-42(60-44)32(5)56-40-19-15-38(16-20-40)48(50,51)52)27-37-25-30(3)47(31(4)26-37)59-35(8)45-14-10-12-43(61-45)33(6)57-41-21-17-39(18-22-41)49(53,54)55/h9-26H,27H2,1-8H3/b56-32+,57-33+,58-34+,59-35+. The Morgan fingerprint density at radius 3 is 0.984 bits per heavy atom. The number of pyridine rings is 2. The van der Waals surface area contributed by atoms with Crippen molar-refractivity contribution in [1.82, 2.24) is 9.97 Å². The Kier molecular flexibility index (Phi) is 13.0. The number of aryl methyl sites for hydroxylation is 4. The Hall–Kier alpha value is -6.56. The van der Waals surface area contributed by atoms with Crippen LogP contribution in [0.4, 0.5) is 49.1 Å². The largest absolute Gasteiger partial charge is 0.416 e. The minimum Gasteiger partial charge on any atom is -0.252 e. The molecule has 0 bridgehead atoms. The molecule has 0 radical (unpaired) electrons. The fraction of sp³-hybridized carbons (Fsp3) is 0.224. The first-order valence-corrected chi connectivity index (χ1v) is 19.5. The molecular formula is C49H44F6N6. The summed E-state index contributed by atoms with van der Waals surface area (Å²) in [6, 6.07) is 29.1. The van der Waals surface area contributed by atoms with Crippen molar-refractivity contribution in [3.8, 4) is 0 Å². The predicted molar refractivity (Wildman–Crippen MR) is 233 cm³/mol. The van der Waals surface area contributed by atoms with Crippen molar-refractivity contribution >= 4 is 45.6 Å². The number of aliphatic imine (C=N–C) groups is 4. The molecule has 0 amide bonds. The summed E-state index contributed by atoms with van der Waals surface area (Å²) in [4.78, 5) is 28.4. The zero-order valence-corrected chi connectivity index (χ0v) is 35.1. The van der Waals surface area contributed by atoms with E-state index in [-0.39, 0.29) is 0 Å². The van der Waals surface area contributed by atoms with Gasteiger partial charge in [0.15, 0.2) is 0 Å². The highest BCUT2D eigenvalue weighted by molar-refractivity contribution is 6.03. The number of benzene rings is 4. The van der Waals surface area contributed by atoms with Gasteiger partial charge in [0.25, 0.3) is 0 Å². The van der Waals surface area contributed by atoms with Crippen LogP contribution in [0.1, 0.15) is 95.0 Å². The van der Waals surface area contributed by atoms with E-state index in [4.69, 9.17) is 20.0 Å². The summed E-state index contributed by atoms with van der Waals surface area (Å²) in [5, 5.41) is 0. The molecule has 0 spiro atoms. The van der Waals surface area contributed by atoms with Crippen LogP contribution in [0.3, 0.4) is 0 Å². The number of rotatable bonds is 10. The van der Waals surface area contributed by atoms with Gasteiger partial charge in [0.1, 0.15) is 0 Å². The molecule has 0 aliphatic rings. The van der Waals surface area contributed by atoms with Gasteiger partial charge in [-0.1, -0.05) is 36.4 Å². The van der Waals surface area contributed by atoms with Crippen molar-refractivity contribution in [2.75, 3.05) is 0 Å². The number of hydrogen-bond donors (Lipinski definition) is 0. The molecule has 2 heterocycles. The summed E-state index contributed by atoms with van der Waals surface area (Å²) >= 11 is 0. The second kappa shape index (κ2) is 18.0. The smallest absolute Gasteiger partial charge is 0.252 e. The Balaban J connectivity index is 1.16. The van der Waals surface area contributed by atoms with Gasteiger partial charge in [-0.15, -0.1) is 0 Å². The van der Waals surface area contributed by atoms with Gasteiger partial charge >= 0.3 is 12.4 Å². The highest BCUT2D eigenvalue weighted by Gasteiger charge is 2.30. The molecule has 0 N–H and O–H groups in total. The molecule has 0 aliphatic carbocycles. The zero-order chi connectivity index (χ0) is 44.2. The van der Waals surface area contributed by atoms with E-state index in [1.807, 2.05) is 77.9 Å². The predicted octanol–water partition coefficient (Wildman–Crippen LogP) is 13.9. The van der Waals surface area contributed by atoms with Crippen LogP contribution >= 0.6 is 0 Å². The van der Waals surface area contributed by atoms with Crippen molar-refractivity contribution in [2.24, 2.45) is 20.0 Å². The van der Waals surface area contributed by atoms with Crippen LogP contribution < -0.4 is 0 Å². The van der Waals surface area contributed by atoms with E-state index in [1.165, 1.54) is 24.3 Å². The first kappa shape index (κ1) is 44.0. The Morgan fingerprint density at radius 2 is 0.705 bits per heavy atom. The molecule has 312 valence electrons. The highest BCUT2D eigenvalue weighted by Crippen LogP contribution is 2.33. The maximum absolute atomic E-state index is 13.0. The molecule has 2 aromatic heterocycles. The topological polar surface area (TPSA) is 75.2 Å². The molecule has 0 saturated heterocycles. The van der Waals surface area contributed by atoms with Crippen molar-refractivity contribution < 1.29 is 26.3 Å². The van der Waals surface area contributed by atoms with Crippen LogP contribution in [0.5, 0.6) is 0 Å². The van der Waals surface area contributed by atoms with Crippen LogP contribution in [0.2, 0.25) is 0 Å². The molecule has 12 heteroatoms. The van der Waals surface area contributed by atoms with Crippen molar-refractivity contribution in [3.05, 3.63) is 176 Å². The minimum absolute atomic E-state index is 0.401. The lowest BCUT2D eigenvalue weighted by Crippen LogP contribution is -2.05. The Morgan fingerprint density at radius 1 is 0.426 bits per heavy atom. The third-order valence-corrected chi connectivity index (χ3v) is 10.0. The van der Waals surface area contributed by atoms with Gasteiger partial charge in [0, 0.05) is 0 Å². The molecule has 0 unspecified atom stereocenters. The van der Waals surface area contributed by atoms with Gasteiger partial charge in [0.05, 0.1) is 79.5 Å². The van der Waals surface area contributed by atoms with Crippen LogP contribution in [0.15, 0.2) is 129 Å². The third-order valence-electron chi connectivity index (χ3n) is 10.0. The molecule has 0 fully saturated rings. The maximum atomic E-state index is 13.0. The summed E-state index contributed by atoms with van der Waals surface area (Å²) in [5.74, 6) is 0. The summed E-state index contributed by atoms with van der Waals surface area (Å²) in [6.07, 6.45) is -8.12. The molecule has 61 heavy (non-hydrogen) atoms. The van der Waals surface area contributed by atoms with Crippen LogP contribution in [-0.2, 0) is 18.8 Å². The molecule has 0 saturated carbocycles. The number of halogens is 6. The van der Waals surface area contributed by atoms with E-state index >= 15 is 0 Å². The molecule has 6 nitrogen and oxygen atoms in total. The van der Waals surface area contributed by atoms with E-state index in [0.29, 0.717) is 63.4 Å². The van der Waals surface area contributed by atoms with Crippen molar-refractivity contribution in [1.29, 1.82) is 0 Å². The second-order valence-electron chi connectivity index (χ2n) is 15.0. The normalized spacial score (nSPS) is 13.2. The summed E-state index contributed by atoms with van der Waals surface area (Å²) in [6.45, 7) is 15.5. The lowest BCUT2D eigenvalue weighted by Gasteiger charge is -2.13. The lowest BCUT2D eigenvalue weighted by atomic mass is 9.96. The summed E-state index contributed by atoms with van der Waals surface area (Å²) in [7, 11) is 0. The van der Waals surface area contributed by atoms with Gasteiger partial charge < -0.3 is 0 Å². The van der Waals surface area contributed by atoms with Crippen LogP contribution in [0, 0.1) is 27.7 Å². The molecule has 0 atom stereocenters. The van der Waals surface area contributed by atoms with Gasteiger partial charge in [-0.25, -0.2) is 9.97 Å². The van der Waals surface area contributed by atoms with Gasteiger partial charge in [0.2, 0.25) is 0 Å². The molecule has 6 rings (SSSR count). The van der Waals surface area contributed by atoms with E-state index in [1.54, 1.807) is 13.8 Å². The van der Waals surface area contributed by atoms with Gasteiger partial charge in [-0.3, -0.25) is 20.0 Å². The fourth-order valence-corrected chi connectivity index (χ4v) is 6.96. The molecule has 4 aromatic carbocycles. The van der Waals surface area contributed by atoms with Crippen molar-refractivity contribution in [3.63, 3.8) is 0 Å². The first-order chi connectivity index (χ1) is 28.7. The lowest BCUT2D eigenvalue weighted by molar-refractivity contribution is -0.138. The second-order valence-corrected chi connectivity index (χ2v) is 15.0. The van der Waals surface area contributed by atoms with E-state index in [9.17, 15) is 26.3 Å².